The number of nitrogens with two attached hydrogens (primary N) is 1. The first-order valence-corrected chi connectivity index (χ1v) is 17.9. The molecule has 0 aliphatic heterocycles. The van der Waals surface area contributed by atoms with Crippen molar-refractivity contribution >= 4 is 34.5 Å². The Morgan fingerprint density at radius 3 is 1.82 bits per heavy atom. The molecule has 0 amide bonds. The molecule has 0 heterocycles. The van der Waals surface area contributed by atoms with Crippen LogP contribution in [0.3, 0.4) is 0 Å². The first kappa shape index (κ1) is 22.5. The molecule has 0 unspecified atom stereocenters. The van der Waals surface area contributed by atoms with Crippen molar-refractivity contribution in [3.63, 3.8) is 0 Å². The molecule has 134 valence electrons. The summed E-state index contributed by atoms with van der Waals surface area (Å²) in [6, 6.07) is 0.183. The predicted octanol–water partition coefficient (Wildman–Crippen LogP) is -0.0467. The van der Waals surface area contributed by atoms with Crippen LogP contribution in [0.4, 0.5) is 0 Å². The van der Waals surface area contributed by atoms with E-state index in [0.29, 0.717) is 19.6 Å². The van der Waals surface area contributed by atoms with Gasteiger partial charge in [0.1, 0.15) is 0 Å². The van der Waals surface area contributed by atoms with E-state index >= 15 is 0 Å². The minimum absolute atomic E-state index is 0.183. The van der Waals surface area contributed by atoms with Crippen molar-refractivity contribution in [1.82, 2.24) is 5.32 Å². The first-order chi connectivity index (χ1) is 9.68. The van der Waals surface area contributed by atoms with Gasteiger partial charge in [-0.25, -0.2) is 0 Å². The zero-order valence-corrected chi connectivity index (χ0v) is 18.5. The fraction of sp³-hybridized carbons (Fsp3) is 1.00. The van der Waals surface area contributed by atoms with E-state index in [2.05, 4.69) is 5.32 Å². The predicted molar refractivity (Wildman–Crippen MR) is 94.6 cm³/mol. The van der Waals surface area contributed by atoms with Crippen LogP contribution in [0.15, 0.2) is 0 Å². The molecule has 0 aromatic heterocycles. The molecule has 0 saturated carbocycles. The third kappa shape index (κ3) is 12.0. The lowest BCUT2D eigenvalue weighted by atomic mass is 10.5. The van der Waals surface area contributed by atoms with Gasteiger partial charge >= 0.3 is 34.5 Å². The van der Waals surface area contributed by atoms with Gasteiger partial charge in [-0.1, -0.05) is 0 Å². The maximum Gasteiger partial charge on any atom is 0.486 e. The smallest absolute Gasteiger partial charge is 0.416 e. The highest BCUT2D eigenvalue weighted by Crippen LogP contribution is 2.23. The van der Waals surface area contributed by atoms with Crippen LogP contribution >= 0.6 is 0 Å². The Morgan fingerprint density at radius 2 is 1.36 bits per heavy atom. The van der Waals surface area contributed by atoms with Crippen LogP contribution in [-0.4, -0.2) is 62.1 Å². The second-order valence-electron chi connectivity index (χ2n) is 6.60. The molecule has 0 rings (SSSR count). The van der Waals surface area contributed by atoms with Gasteiger partial charge in [0.2, 0.25) is 0 Å². The van der Waals surface area contributed by atoms with Gasteiger partial charge in [0.05, 0.1) is 0 Å². The van der Waals surface area contributed by atoms with Crippen molar-refractivity contribution in [2.45, 2.75) is 51.7 Å². The number of hydrogen-bond donors (Lipinski definition) is 5. The van der Waals surface area contributed by atoms with Gasteiger partial charge < -0.3 is 37.8 Å². The largest absolute Gasteiger partial charge is 0.486 e. The Balaban J connectivity index is 4.53. The Labute approximate surface area is 137 Å². The molecule has 0 fully saturated rings. The maximum absolute atomic E-state index is 10.1. The number of hydrogen-bond acceptors (Lipinski definition) is 8. The zero-order chi connectivity index (χ0) is 17.7. The molecule has 0 aliphatic carbocycles. The van der Waals surface area contributed by atoms with Gasteiger partial charge in [-0.3, -0.25) is 0 Å². The SMILES string of the molecule is C[Si](C)(O)O[Si](C)(C)O[Si](C)(C)O[Si](O)(O)CCCNCN. The van der Waals surface area contributed by atoms with Gasteiger partial charge in [-0.15, -0.1) is 0 Å². The summed E-state index contributed by atoms with van der Waals surface area (Å²) in [7, 11) is -11.9. The van der Waals surface area contributed by atoms with Crippen LogP contribution in [0.2, 0.25) is 45.3 Å². The second kappa shape index (κ2) is 8.59. The van der Waals surface area contributed by atoms with E-state index in [4.69, 9.17) is 18.1 Å². The highest BCUT2D eigenvalue weighted by molar-refractivity contribution is 6.86. The summed E-state index contributed by atoms with van der Waals surface area (Å²) in [4.78, 5) is 30.0. The molecule has 0 aliphatic rings. The van der Waals surface area contributed by atoms with E-state index in [1.165, 1.54) is 0 Å². The molecule has 0 atom stereocenters. The van der Waals surface area contributed by atoms with Gasteiger partial charge in [-0.05, 0) is 52.2 Å². The molecule has 8 nitrogen and oxygen atoms in total. The Bertz CT molecular complexity index is 338. The van der Waals surface area contributed by atoms with Crippen LogP contribution in [0.1, 0.15) is 6.42 Å². The van der Waals surface area contributed by atoms with Gasteiger partial charge in [0, 0.05) is 12.7 Å². The van der Waals surface area contributed by atoms with E-state index in [0.717, 1.165) is 0 Å². The fourth-order valence-electron chi connectivity index (χ4n) is 2.23. The monoisotopic (exact) mass is 388 g/mol. The summed E-state index contributed by atoms with van der Waals surface area (Å²) >= 11 is 0. The lowest BCUT2D eigenvalue weighted by Crippen LogP contribution is -2.58. The molecule has 0 radical (unpaired) electrons. The molecule has 0 aromatic rings. The van der Waals surface area contributed by atoms with E-state index in [-0.39, 0.29) is 6.04 Å². The van der Waals surface area contributed by atoms with Crippen molar-refractivity contribution < 1.29 is 26.7 Å². The lowest BCUT2D eigenvalue weighted by molar-refractivity contribution is 0.203. The van der Waals surface area contributed by atoms with Crippen molar-refractivity contribution in [1.29, 1.82) is 0 Å². The van der Waals surface area contributed by atoms with Crippen LogP contribution in [-0.2, 0) is 12.3 Å². The second-order valence-corrected chi connectivity index (χ2v) is 19.5. The van der Waals surface area contributed by atoms with Crippen LogP contribution in [0.5, 0.6) is 0 Å². The minimum Gasteiger partial charge on any atom is -0.416 e. The molecule has 0 bridgehead atoms. The molecular weight excluding hydrogens is 356 g/mol. The van der Waals surface area contributed by atoms with Crippen LogP contribution < -0.4 is 11.1 Å². The summed E-state index contributed by atoms with van der Waals surface area (Å²) in [6.07, 6.45) is 0.564. The molecule has 0 saturated heterocycles. The maximum atomic E-state index is 10.1. The molecule has 6 N–H and O–H groups in total. The summed E-state index contributed by atoms with van der Waals surface area (Å²) in [5, 5.41) is 2.91. The van der Waals surface area contributed by atoms with Crippen LogP contribution in [0.25, 0.3) is 0 Å². The first-order valence-electron chi connectivity index (χ1n) is 7.36. The zero-order valence-electron chi connectivity index (χ0n) is 14.5. The number of nitrogens with one attached hydrogen (secondary N) is 1. The van der Waals surface area contributed by atoms with Gasteiger partial charge in [0.25, 0.3) is 0 Å². The van der Waals surface area contributed by atoms with Crippen molar-refractivity contribution in [2.24, 2.45) is 5.73 Å². The molecule has 0 aromatic carbocycles. The van der Waals surface area contributed by atoms with Crippen molar-refractivity contribution in [2.75, 3.05) is 13.2 Å². The van der Waals surface area contributed by atoms with Gasteiger partial charge in [0.15, 0.2) is 0 Å². The Hall–Kier alpha value is 0.548. The fourth-order valence-corrected chi connectivity index (χ4v) is 17.1. The third-order valence-corrected chi connectivity index (χ3v) is 14.6. The van der Waals surface area contributed by atoms with Crippen molar-refractivity contribution in [3.8, 4) is 0 Å². The molecule has 12 heteroatoms. The van der Waals surface area contributed by atoms with E-state index in [1.54, 1.807) is 26.2 Å². The highest BCUT2D eigenvalue weighted by atomic mass is 28.5. The summed E-state index contributed by atoms with van der Waals surface area (Å²) in [6.45, 7) is 11.4. The summed E-state index contributed by atoms with van der Waals surface area (Å²) in [5.41, 5.74) is 5.30. The standard InChI is InChI=1S/C10H32N2O6Si4/c1-19(2,13)16-20(3,4)17-21(5,6)18-22(14,15)9-7-8-12-10-11/h12-15H,7-11H2,1-6H3. The Morgan fingerprint density at radius 1 is 0.864 bits per heavy atom. The van der Waals surface area contributed by atoms with E-state index in [1.807, 2.05) is 13.1 Å². The van der Waals surface area contributed by atoms with Gasteiger partial charge in [-0.2, -0.15) is 0 Å². The molecular formula is C10H32N2O6Si4. The summed E-state index contributed by atoms with van der Waals surface area (Å²) in [5.74, 6) is 0. The average molecular weight is 389 g/mol. The number of rotatable bonds is 11. The molecule has 0 spiro atoms. The lowest BCUT2D eigenvalue weighted by Gasteiger charge is -2.37. The minimum atomic E-state index is -3.78. The normalized spacial score (nSPS) is 14.5. The van der Waals surface area contributed by atoms with E-state index < -0.39 is 34.5 Å². The average Bonchev–Trinajstić information content (AvgIpc) is 2.16. The van der Waals surface area contributed by atoms with Crippen LogP contribution in [0, 0.1) is 0 Å². The third-order valence-electron chi connectivity index (χ3n) is 2.40. The summed E-state index contributed by atoms with van der Waals surface area (Å²) < 4.78 is 17.2. The Kier molecular flexibility index (Phi) is 8.80. The quantitative estimate of drug-likeness (QED) is 0.189. The van der Waals surface area contributed by atoms with Crippen molar-refractivity contribution in [3.05, 3.63) is 0 Å². The highest BCUT2D eigenvalue weighted by Gasteiger charge is 2.46. The molecule has 22 heavy (non-hydrogen) atoms. The topological polar surface area (TPSA) is 126 Å². The van der Waals surface area contributed by atoms with E-state index in [9.17, 15) is 14.4 Å².